The number of aromatic nitrogens is 2. The van der Waals surface area contributed by atoms with Crippen LogP contribution in [0.5, 0.6) is 0 Å². The first-order valence-electron chi connectivity index (χ1n) is 4.75. The average Bonchev–Trinajstić information content (AvgIpc) is 2.29. The Kier molecular flexibility index (Phi) is 2.72. The van der Waals surface area contributed by atoms with Crippen molar-refractivity contribution in [3.63, 3.8) is 0 Å². The zero-order valence-electron chi connectivity index (χ0n) is 8.64. The van der Waals surface area contributed by atoms with Gasteiger partial charge in [0.2, 0.25) is 5.78 Å². The minimum Gasteiger partial charge on any atom is -0.287 e. The van der Waals surface area contributed by atoms with E-state index in [1.165, 1.54) is 36.8 Å². The monoisotopic (exact) mass is 216 g/mol. The van der Waals surface area contributed by atoms with E-state index >= 15 is 0 Å². The Morgan fingerprint density at radius 1 is 1.31 bits per heavy atom. The lowest BCUT2D eigenvalue weighted by Crippen LogP contribution is -2.06. The number of carbonyl (C=O) groups excluding carboxylic acids is 1. The zero-order valence-corrected chi connectivity index (χ0v) is 8.64. The summed E-state index contributed by atoms with van der Waals surface area (Å²) in [5, 5.41) is 0. The zero-order chi connectivity index (χ0) is 11.5. The highest BCUT2D eigenvalue weighted by molar-refractivity contribution is 6.08. The van der Waals surface area contributed by atoms with Crippen molar-refractivity contribution in [1.82, 2.24) is 9.97 Å². The van der Waals surface area contributed by atoms with Crippen molar-refractivity contribution < 1.29 is 9.18 Å². The Bertz CT molecular complexity index is 526. The third-order valence-electron chi connectivity index (χ3n) is 2.25. The predicted octanol–water partition coefficient (Wildman–Crippen LogP) is 2.16. The molecular formula is C12H9FN2O. The molecule has 0 spiro atoms. The molecule has 4 heteroatoms. The summed E-state index contributed by atoms with van der Waals surface area (Å²) in [4.78, 5) is 19.6. The third kappa shape index (κ3) is 1.95. The van der Waals surface area contributed by atoms with E-state index in [1.807, 2.05) is 0 Å². The molecule has 0 amide bonds. The minimum absolute atomic E-state index is 0.222. The summed E-state index contributed by atoms with van der Waals surface area (Å²) in [6, 6.07) is 5.59. The number of aryl methyl sites for hydroxylation is 1. The summed E-state index contributed by atoms with van der Waals surface area (Å²) < 4.78 is 12.9. The van der Waals surface area contributed by atoms with Crippen LogP contribution < -0.4 is 0 Å². The summed E-state index contributed by atoms with van der Waals surface area (Å²) in [7, 11) is 0. The van der Waals surface area contributed by atoms with Crippen molar-refractivity contribution >= 4 is 5.78 Å². The van der Waals surface area contributed by atoms with Crippen LogP contribution in [0, 0.1) is 12.7 Å². The Morgan fingerprint density at radius 2 is 2.12 bits per heavy atom. The second kappa shape index (κ2) is 4.18. The van der Waals surface area contributed by atoms with Gasteiger partial charge in [-0.25, -0.2) is 14.4 Å². The first-order valence-corrected chi connectivity index (χ1v) is 4.75. The van der Waals surface area contributed by atoms with E-state index < -0.39 is 0 Å². The highest BCUT2D eigenvalue weighted by Gasteiger charge is 2.12. The molecule has 2 rings (SSSR count). The topological polar surface area (TPSA) is 42.9 Å². The van der Waals surface area contributed by atoms with Gasteiger partial charge >= 0.3 is 0 Å². The van der Waals surface area contributed by atoms with E-state index in [2.05, 4.69) is 9.97 Å². The lowest BCUT2D eigenvalue weighted by atomic mass is 10.0. The van der Waals surface area contributed by atoms with Gasteiger partial charge in [0.15, 0.2) is 0 Å². The van der Waals surface area contributed by atoms with Crippen LogP contribution >= 0.6 is 0 Å². The molecule has 0 fully saturated rings. The molecule has 1 aromatic carbocycles. The number of carbonyl (C=O) groups is 1. The number of benzene rings is 1. The molecule has 80 valence electrons. The largest absolute Gasteiger partial charge is 0.287 e. The van der Waals surface area contributed by atoms with Crippen molar-refractivity contribution in [3.8, 4) is 0 Å². The van der Waals surface area contributed by atoms with Gasteiger partial charge in [-0.1, -0.05) is 0 Å². The number of hydrogen-bond donors (Lipinski definition) is 0. The van der Waals surface area contributed by atoms with Crippen LogP contribution in [-0.4, -0.2) is 15.8 Å². The summed E-state index contributed by atoms with van der Waals surface area (Å²) >= 11 is 0. The summed E-state index contributed by atoms with van der Waals surface area (Å²) in [6.07, 6.45) is 2.81. The lowest BCUT2D eigenvalue weighted by molar-refractivity contribution is 0.103. The standard InChI is InChI=1S/C12H9FN2O/c1-8-6-9(13)2-3-10(8)12(16)11-4-5-14-7-15-11/h2-7H,1H3. The van der Waals surface area contributed by atoms with E-state index in [0.29, 0.717) is 16.8 Å². The molecule has 0 saturated heterocycles. The molecule has 2 aromatic rings. The summed E-state index contributed by atoms with van der Waals surface area (Å²) in [6.45, 7) is 1.69. The molecule has 0 bridgehead atoms. The predicted molar refractivity (Wildman–Crippen MR) is 56.6 cm³/mol. The van der Waals surface area contributed by atoms with Crippen molar-refractivity contribution in [3.05, 3.63) is 59.4 Å². The summed E-state index contributed by atoms with van der Waals surface area (Å²) in [5.41, 5.74) is 1.37. The van der Waals surface area contributed by atoms with Gasteiger partial charge in [-0.05, 0) is 36.8 Å². The molecular weight excluding hydrogens is 207 g/mol. The molecule has 0 aliphatic carbocycles. The van der Waals surface area contributed by atoms with E-state index in [0.717, 1.165) is 0 Å². The van der Waals surface area contributed by atoms with Crippen LogP contribution in [0.25, 0.3) is 0 Å². The van der Waals surface area contributed by atoms with E-state index in [-0.39, 0.29) is 11.6 Å². The quantitative estimate of drug-likeness (QED) is 0.722. The third-order valence-corrected chi connectivity index (χ3v) is 2.25. The van der Waals surface area contributed by atoms with Crippen LogP contribution in [0.2, 0.25) is 0 Å². The van der Waals surface area contributed by atoms with Crippen LogP contribution in [0.4, 0.5) is 4.39 Å². The Morgan fingerprint density at radius 3 is 2.75 bits per heavy atom. The first kappa shape index (κ1) is 10.4. The fraction of sp³-hybridized carbons (Fsp3) is 0.0833. The maximum atomic E-state index is 12.9. The van der Waals surface area contributed by atoms with Gasteiger partial charge in [0.25, 0.3) is 0 Å². The van der Waals surface area contributed by atoms with E-state index in [1.54, 1.807) is 6.92 Å². The van der Waals surface area contributed by atoms with Crippen molar-refractivity contribution in [2.24, 2.45) is 0 Å². The highest BCUT2D eigenvalue weighted by atomic mass is 19.1. The fourth-order valence-electron chi connectivity index (χ4n) is 1.44. The summed E-state index contributed by atoms with van der Waals surface area (Å²) in [5.74, 6) is -0.573. The highest BCUT2D eigenvalue weighted by Crippen LogP contribution is 2.13. The second-order valence-electron chi connectivity index (χ2n) is 3.38. The molecule has 16 heavy (non-hydrogen) atoms. The Balaban J connectivity index is 2.42. The van der Waals surface area contributed by atoms with Gasteiger partial charge in [-0.2, -0.15) is 0 Å². The maximum absolute atomic E-state index is 12.9. The molecule has 0 N–H and O–H groups in total. The van der Waals surface area contributed by atoms with Gasteiger partial charge < -0.3 is 0 Å². The van der Waals surface area contributed by atoms with Gasteiger partial charge in [-0.3, -0.25) is 4.79 Å². The molecule has 1 heterocycles. The lowest BCUT2D eigenvalue weighted by Gasteiger charge is -2.03. The number of rotatable bonds is 2. The van der Waals surface area contributed by atoms with Crippen LogP contribution in [0.15, 0.2) is 36.8 Å². The molecule has 0 aliphatic heterocycles. The molecule has 0 atom stereocenters. The average molecular weight is 216 g/mol. The molecule has 0 unspecified atom stereocenters. The Labute approximate surface area is 92.0 Å². The fourth-order valence-corrected chi connectivity index (χ4v) is 1.44. The number of ketones is 1. The van der Waals surface area contributed by atoms with Crippen LogP contribution in [0.3, 0.4) is 0 Å². The smallest absolute Gasteiger partial charge is 0.211 e. The normalized spacial score (nSPS) is 10.1. The molecule has 1 aromatic heterocycles. The number of halogens is 1. The second-order valence-corrected chi connectivity index (χ2v) is 3.38. The number of hydrogen-bond acceptors (Lipinski definition) is 3. The van der Waals surface area contributed by atoms with Crippen molar-refractivity contribution in [2.75, 3.05) is 0 Å². The Hall–Kier alpha value is -2.10. The van der Waals surface area contributed by atoms with Crippen LogP contribution in [-0.2, 0) is 0 Å². The first-order chi connectivity index (χ1) is 7.68. The van der Waals surface area contributed by atoms with Gasteiger partial charge in [0.1, 0.15) is 17.8 Å². The van der Waals surface area contributed by atoms with Gasteiger partial charge in [0.05, 0.1) is 0 Å². The molecule has 0 radical (unpaired) electrons. The molecule has 0 saturated carbocycles. The van der Waals surface area contributed by atoms with E-state index in [9.17, 15) is 9.18 Å². The van der Waals surface area contributed by atoms with E-state index in [4.69, 9.17) is 0 Å². The van der Waals surface area contributed by atoms with Crippen molar-refractivity contribution in [1.29, 1.82) is 0 Å². The van der Waals surface area contributed by atoms with Gasteiger partial charge in [0, 0.05) is 11.8 Å². The SMILES string of the molecule is Cc1cc(F)ccc1C(=O)c1ccncn1. The van der Waals surface area contributed by atoms with Crippen molar-refractivity contribution in [2.45, 2.75) is 6.92 Å². The minimum atomic E-state index is -0.350. The molecule has 3 nitrogen and oxygen atoms in total. The molecule has 0 aliphatic rings. The van der Waals surface area contributed by atoms with Crippen LogP contribution in [0.1, 0.15) is 21.6 Å². The van der Waals surface area contributed by atoms with Gasteiger partial charge in [-0.15, -0.1) is 0 Å². The number of nitrogens with zero attached hydrogens (tertiary/aromatic N) is 2. The maximum Gasteiger partial charge on any atom is 0.211 e.